The number of carbonyl (C=O) groups excluding carboxylic acids is 1. The van der Waals surface area contributed by atoms with Gasteiger partial charge in [0.1, 0.15) is 17.7 Å². The average molecular weight is 385 g/mol. The molecule has 1 unspecified atom stereocenters. The number of rotatable bonds is 1. The third-order valence-corrected chi connectivity index (χ3v) is 6.93. The summed E-state index contributed by atoms with van der Waals surface area (Å²) in [6.45, 7) is 2.13. The molecular weight excluding hydrogens is 370 g/mol. The summed E-state index contributed by atoms with van der Waals surface area (Å²) in [6.07, 6.45) is 0.878. The maximum atomic E-state index is 12.5. The van der Waals surface area contributed by atoms with Crippen molar-refractivity contribution in [3.63, 3.8) is 0 Å². The molecule has 0 saturated carbocycles. The van der Waals surface area contributed by atoms with E-state index >= 15 is 0 Å². The molecule has 2 aromatic rings. The maximum Gasteiger partial charge on any atom is 0.256 e. The van der Waals surface area contributed by atoms with Gasteiger partial charge < -0.3 is 15.5 Å². The lowest BCUT2D eigenvalue weighted by molar-refractivity contribution is -0.895. The number of nitrogens with one attached hydrogen (secondary N) is 3. The fourth-order valence-corrected chi connectivity index (χ4v) is 5.79. The van der Waals surface area contributed by atoms with Gasteiger partial charge in [-0.2, -0.15) is 0 Å². The van der Waals surface area contributed by atoms with Crippen LogP contribution in [0, 0.1) is 0 Å². The lowest BCUT2D eigenvalue weighted by Gasteiger charge is -2.26. The topological polar surface area (TPSA) is 45.6 Å². The molecule has 4 nitrogen and oxygen atoms in total. The van der Waals surface area contributed by atoms with Gasteiger partial charge in [0.25, 0.3) is 5.91 Å². The van der Waals surface area contributed by atoms with Gasteiger partial charge in [-0.3, -0.25) is 4.79 Å². The molecule has 2 atom stereocenters. The molecule has 4 rings (SSSR count). The van der Waals surface area contributed by atoms with Gasteiger partial charge in [0.2, 0.25) is 0 Å². The number of hydrogen-bond acceptors (Lipinski definition) is 4. The number of amides is 1. The van der Waals surface area contributed by atoms with Crippen LogP contribution >= 0.6 is 38.6 Å². The summed E-state index contributed by atoms with van der Waals surface area (Å²) in [7, 11) is 2.21. The molecule has 21 heavy (non-hydrogen) atoms. The van der Waals surface area contributed by atoms with Crippen molar-refractivity contribution >= 4 is 49.5 Å². The van der Waals surface area contributed by atoms with E-state index in [9.17, 15) is 4.79 Å². The number of fused-ring (bicyclic) bond motifs is 3. The second kappa shape index (κ2) is 5.08. The van der Waals surface area contributed by atoms with Crippen molar-refractivity contribution in [3.05, 3.63) is 36.8 Å². The van der Waals surface area contributed by atoms with Crippen molar-refractivity contribution in [1.29, 1.82) is 0 Å². The average Bonchev–Trinajstić information content (AvgIpc) is 3.01. The highest BCUT2D eigenvalue weighted by Crippen LogP contribution is 2.40. The summed E-state index contributed by atoms with van der Waals surface area (Å²) in [5.74, 6) is 0.0651. The van der Waals surface area contributed by atoms with Crippen LogP contribution in [0.1, 0.15) is 31.8 Å². The highest BCUT2D eigenvalue weighted by molar-refractivity contribution is 9.10. The fourth-order valence-electron chi connectivity index (χ4n) is 2.95. The van der Waals surface area contributed by atoms with Crippen molar-refractivity contribution in [2.75, 3.05) is 18.9 Å². The van der Waals surface area contributed by atoms with Crippen molar-refractivity contribution < 1.29 is 9.69 Å². The van der Waals surface area contributed by atoms with Gasteiger partial charge in [0.05, 0.1) is 24.0 Å². The van der Waals surface area contributed by atoms with Crippen molar-refractivity contribution in [2.45, 2.75) is 19.1 Å². The minimum Gasteiger partial charge on any atom is -0.352 e. The summed E-state index contributed by atoms with van der Waals surface area (Å²) in [5.41, 5.74) is 2.14. The van der Waals surface area contributed by atoms with Gasteiger partial charge in [-0.1, -0.05) is 0 Å². The minimum atomic E-state index is -0.119. The fraction of sp³-hybridized carbons (Fsp3) is 0.357. The molecule has 1 amide bonds. The molecule has 2 aromatic heterocycles. The van der Waals surface area contributed by atoms with E-state index in [0.717, 1.165) is 39.4 Å². The first kappa shape index (κ1) is 13.8. The predicted molar refractivity (Wildman–Crippen MR) is 89.3 cm³/mol. The van der Waals surface area contributed by atoms with E-state index in [0.29, 0.717) is 0 Å². The quantitative estimate of drug-likeness (QED) is 0.703. The maximum absolute atomic E-state index is 12.5. The Hall–Kier alpha value is -0.890. The normalized spacial score (nSPS) is 24.0. The summed E-state index contributed by atoms with van der Waals surface area (Å²) in [5, 5.41) is 9.66. The zero-order valence-corrected chi connectivity index (χ0v) is 14.7. The first-order chi connectivity index (χ1) is 10.1. The smallest absolute Gasteiger partial charge is 0.256 e. The number of halogens is 1. The Kier molecular flexibility index (Phi) is 3.33. The Labute approximate surface area is 139 Å². The molecule has 110 valence electrons. The van der Waals surface area contributed by atoms with E-state index in [1.165, 1.54) is 15.3 Å². The Morgan fingerprint density at radius 1 is 1.43 bits per heavy atom. The SMILES string of the molecule is C[NH+]1CCc2c(sc3c2C(=O)N[C@H](c2cc(Br)cs2)N3)C1. The van der Waals surface area contributed by atoms with Crippen LogP contribution in [0.4, 0.5) is 5.00 Å². The van der Waals surface area contributed by atoms with Gasteiger partial charge in [-0.05, 0) is 27.6 Å². The molecule has 0 aromatic carbocycles. The number of carbonyl (C=O) groups is 1. The molecule has 2 aliphatic heterocycles. The van der Waals surface area contributed by atoms with Crippen molar-refractivity contribution in [1.82, 2.24) is 5.32 Å². The van der Waals surface area contributed by atoms with Gasteiger partial charge in [0.15, 0.2) is 0 Å². The van der Waals surface area contributed by atoms with Crippen LogP contribution in [-0.2, 0) is 13.0 Å². The summed E-state index contributed by atoms with van der Waals surface area (Å²) in [4.78, 5) is 16.5. The highest BCUT2D eigenvalue weighted by Gasteiger charge is 2.34. The lowest BCUT2D eigenvalue weighted by Crippen LogP contribution is -3.08. The van der Waals surface area contributed by atoms with E-state index in [4.69, 9.17) is 0 Å². The van der Waals surface area contributed by atoms with Gasteiger partial charge in [0, 0.05) is 21.2 Å². The number of thiophene rings is 2. The second-order valence-corrected chi connectivity index (χ2v) is 8.52. The van der Waals surface area contributed by atoms with Crippen molar-refractivity contribution in [3.8, 4) is 0 Å². The predicted octanol–water partition coefficient (Wildman–Crippen LogP) is 2.00. The minimum absolute atomic E-state index is 0.0651. The first-order valence-corrected chi connectivity index (χ1v) is 9.38. The van der Waals surface area contributed by atoms with Crippen LogP contribution in [0.25, 0.3) is 0 Å². The van der Waals surface area contributed by atoms with E-state index in [-0.39, 0.29) is 12.1 Å². The van der Waals surface area contributed by atoms with Gasteiger partial charge in [-0.25, -0.2) is 0 Å². The number of likely N-dealkylation sites (N-methyl/N-ethyl adjacent to an activating group) is 1. The Morgan fingerprint density at radius 3 is 3.05 bits per heavy atom. The van der Waals surface area contributed by atoms with Gasteiger partial charge >= 0.3 is 0 Å². The number of anilines is 1. The van der Waals surface area contributed by atoms with Crippen LogP contribution in [0.3, 0.4) is 0 Å². The highest BCUT2D eigenvalue weighted by atomic mass is 79.9. The molecule has 3 N–H and O–H groups in total. The Bertz CT molecular complexity index is 724. The van der Waals surface area contributed by atoms with Crippen LogP contribution in [0.15, 0.2) is 15.9 Å². The molecule has 0 aliphatic carbocycles. The lowest BCUT2D eigenvalue weighted by atomic mass is 10.0. The van der Waals surface area contributed by atoms with Crippen LogP contribution in [0.5, 0.6) is 0 Å². The largest absolute Gasteiger partial charge is 0.352 e. The molecule has 0 radical (unpaired) electrons. The molecule has 7 heteroatoms. The number of quaternary nitrogens is 1. The molecule has 2 aliphatic rings. The zero-order chi connectivity index (χ0) is 14.6. The molecule has 0 fully saturated rings. The Morgan fingerprint density at radius 2 is 2.29 bits per heavy atom. The van der Waals surface area contributed by atoms with E-state index < -0.39 is 0 Å². The Balaban J connectivity index is 1.71. The first-order valence-electron chi connectivity index (χ1n) is 6.89. The summed E-state index contributed by atoms with van der Waals surface area (Å²) in [6, 6.07) is 2.05. The number of hydrogen-bond donors (Lipinski definition) is 3. The zero-order valence-electron chi connectivity index (χ0n) is 11.5. The van der Waals surface area contributed by atoms with E-state index in [1.807, 2.05) is 5.38 Å². The van der Waals surface area contributed by atoms with Crippen LogP contribution < -0.4 is 15.5 Å². The molecule has 0 spiro atoms. The molecule has 0 bridgehead atoms. The third kappa shape index (κ3) is 2.32. The second-order valence-electron chi connectivity index (χ2n) is 5.56. The van der Waals surface area contributed by atoms with E-state index in [2.05, 4.69) is 39.7 Å². The molecule has 4 heterocycles. The van der Waals surface area contributed by atoms with E-state index in [1.54, 1.807) is 22.7 Å². The molecular formula is C14H15BrN3OS2+. The third-order valence-electron chi connectivity index (χ3n) is 4.00. The summed E-state index contributed by atoms with van der Waals surface area (Å²) >= 11 is 6.86. The standard InChI is InChI=1S/C14H14BrN3OS2/c1-18-3-2-8-10(5-18)21-14-11(8)13(19)16-12(17-14)9-4-7(15)6-20-9/h4,6,12,17H,2-3,5H2,1H3,(H,16,19)/p+1/t12-/m0/s1. The van der Waals surface area contributed by atoms with Crippen LogP contribution in [0.2, 0.25) is 0 Å². The van der Waals surface area contributed by atoms with Gasteiger partial charge in [-0.15, -0.1) is 22.7 Å². The monoisotopic (exact) mass is 384 g/mol. The van der Waals surface area contributed by atoms with Crippen molar-refractivity contribution in [2.24, 2.45) is 0 Å². The van der Waals surface area contributed by atoms with Crippen LogP contribution in [-0.4, -0.2) is 19.5 Å². The molecule has 0 saturated heterocycles. The summed E-state index contributed by atoms with van der Waals surface area (Å²) < 4.78 is 1.06.